The highest BCUT2D eigenvalue weighted by atomic mass is 16.5. The van der Waals surface area contributed by atoms with Crippen molar-refractivity contribution in [2.75, 3.05) is 40.5 Å². The van der Waals surface area contributed by atoms with Gasteiger partial charge in [-0.25, -0.2) is 0 Å². The minimum Gasteiger partial charge on any atom is -0.383 e. The highest BCUT2D eigenvalue weighted by Gasteiger charge is 2.23. The third-order valence-corrected chi connectivity index (χ3v) is 3.88. The molecule has 1 unspecified atom stereocenters. The van der Waals surface area contributed by atoms with Gasteiger partial charge < -0.3 is 14.8 Å². The Bertz CT molecular complexity index is 489. The molecule has 1 amide bonds. The number of nitrogens with one attached hydrogen (secondary N) is 1. The fourth-order valence-corrected chi connectivity index (χ4v) is 2.83. The molecule has 7 heteroatoms. The first kappa shape index (κ1) is 16.9. The fourth-order valence-electron chi connectivity index (χ4n) is 2.83. The van der Waals surface area contributed by atoms with Crippen LogP contribution in [0.4, 0.5) is 0 Å². The first-order chi connectivity index (χ1) is 10.6. The number of hydrogen-bond acceptors (Lipinski definition) is 5. The summed E-state index contributed by atoms with van der Waals surface area (Å²) in [6.45, 7) is 3.91. The van der Waals surface area contributed by atoms with Crippen molar-refractivity contribution in [3.63, 3.8) is 0 Å². The third-order valence-electron chi connectivity index (χ3n) is 3.88. The van der Waals surface area contributed by atoms with Crippen LogP contribution < -0.4 is 5.32 Å². The average molecular weight is 310 g/mol. The van der Waals surface area contributed by atoms with E-state index in [1.807, 2.05) is 7.05 Å². The quantitative estimate of drug-likeness (QED) is 0.790. The highest BCUT2D eigenvalue weighted by Crippen LogP contribution is 2.12. The van der Waals surface area contributed by atoms with Crippen molar-refractivity contribution < 1.29 is 14.3 Å². The van der Waals surface area contributed by atoms with Gasteiger partial charge in [0.05, 0.1) is 18.8 Å². The highest BCUT2D eigenvalue weighted by molar-refractivity contribution is 5.95. The van der Waals surface area contributed by atoms with Crippen LogP contribution in [0.3, 0.4) is 0 Å². The molecule has 1 aliphatic heterocycles. The first-order valence-corrected chi connectivity index (χ1v) is 7.67. The molecule has 22 heavy (non-hydrogen) atoms. The van der Waals surface area contributed by atoms with Crippen LogP contribution in [0.5, 0.6) is 0 Å². The number of hydrogen-bond donors (Lipinski definition) is 1. The number of carbonyl (C=O) groups excluding carboxylic acids is 1. The number of ether oxygens (including phenoxy) is 2. The van der Waals surface area contributed by atoms with Crippen LogP contribution in [-0.2, 0) is 23.1 Å². The van der Waals surface area contributed by atoms with Crippen LogP contribution in [0, 0.1) is 0 Å². The molecule has 1 aromatic heterocycles. The van der Waals surface area contributed by atoms with E-state index in [0.717, 1.165) is 39.1 Å². The molecular weight excluding hydrogens is 284 g/mol. The van der Waals surface area contributed by atoms with Gasteiger partial charge in [0.15, 0.2) is 0 Å². The van der Waals surface area contributed by atoms with E-state index in [0.29, 0.717) is 17.9 Å². The summed E-state index contributed by atoms with van der Waals surface area (Å²) in [5, 5.41) is 7.40. The Morgan fingerprint density at radius 1 is 1.45 bits per heavy atom. The lowest BCUT2D eigenvalue weighted by Gasteiger charge is -2.32. The van der Waals surface area contributed by atoms with E-state index in [-0.39, 0.29) is 11.9 Å². The smallest absolute Gasteiger partial charge is 0.255 e. The molecule has 0 spiro atoms. The molecule has 1 atom stereocenters. The fraction of sp³-hybridized carbons (Fsp3) is 0.733. The second-order valence-corrected chi connectivity index (χ2v) is 5.70. The minimum absolute atomic E-state index is 0.0706. The number of amides is 1. The SMILES string of the molecule is COCCN1CCCC(NC(=O)c2cn(C)nc2COC)C1. The topological polar surface area (TPSA) is 68.6 Å². The molecule has 1 aromatic rings. The molecule has 2 heterocycles. The summed E-state index contributed by atoms with van der Waals surface area (Å²) in [5.74, 6) is -0.0706. The summed E-state index contributed by atoms with van der Waals surface area (Å²) in [6.07, 6.45) is 3.84. The molecule has 0 aliphatic carbocycles. The van der Waals surface area contributed by atoms with Gasteiger partial charge in [0.25, 0.3) is 5.91 Å². The van der Waals surface area contributed by atoms with Gasteiger partial charge in [0.2, 0.25) is 0 Å². The number of rotatable bonds is 7. The third kappa shape index (κ3) is 4.53. The predicted molar refractivity (Wildman–Crippen MR) is 82.7 cm³/mol. The Morgan fingerprint density at radius 2 is 2.27 bits per heavy atom. The van der Waals surface area contributed by atoms with Crippen LogP contribution in [0.25, 0.3) is 0 Å². The van der Waals surface area contributed by atoms with Gasteiger partial charge in [-0.15, -0.1) is 0 Å². The van der Waals surface area contributed by atoms with Crippen LogP contribution in [-0.4, -0.2) is 67.1 Å². The maximum atomic E-state index is 12.5. The Labute approximate surface area is 131 Å². The average Bonchev–Trinajstić information content (AvgIpc) is 2.87. The van der Waals surface area contributed by atoms with Gasteiger partial charge in [0, 0.05) is 46.6 Å². The van der Waals surface area contributed by atoms with E-state index >= 15 is 0 Å². The van der Waals surface area contributed by atoms with E-state index in [2.05, 4.69) is 15.3 Å². The van der Waals surface area contributed by atoms with Crippen LogP contribution >= 0.6 is 0 Å². The standard InChI is InChI=1S/C15H26N4O3/c1-18-10-13(14(17-18)11-22-3)15(20)16-12-5-4-6-19(9-12)7-8-21-2/h10,12H,4-9,11H2,1-3H3,(H,16,20). The molecule has 1 saturated heterocycles. The van der Waals surface area contributed by atoms with Crippen LogP contribution in [0.2, 0.25) is 0 Å². The van der Waals surface area contributed by atoms with Crippen molar-refractivity contribution >= 4 is 5.91 Å². The van der Waals surface area contributed by atoms with E-state index in [1.165, 1.54) is 0 Å². The number of likely N-dealkylation sites (tertiary alicyclic amines) is 1. The summed E-state index contributed by atoms with van der Waals surface area (Å²) in [6, 6.07) is 0.175. The van der Waals surface area contributed by atoms with Gasteiger partial charge in [0.1, 0.15) is 5.69 Å². The minimum atomic E-state index is -0.0706. The Kier molecular flexibility index (Phi) is 6.35. The lowest BCUT2D eigenvalue weighted by molar-refractivity contribution is 0.0874. The maximum absolute atomic E-state index is 12.5. The monoisotopic (exact) mass is 310 g/mol. The number of aromatic nitrogens is 2. The largest absolute Gasteiger partial charge is 0.383 e. The number of piperidine rings is 1. The molecule has 7 nitrogen and oxygen atoms in total. The lowest BCUT2D eigenvalue weighted by Crippen LogP contribution is -2.48. The summed E-state index contributed by atoms with van der Waals surface area (Å²) < 4.78 is 11.9. The second-order valence-electron chi connectivity index (χ2n) is 5.70. The zero-order chi connectivity index (χ0) is 15.9. The number of nitrogens with zero attached hydrogens (tertiary/aromatic N) is 3. The molecule has 1 aliphatic rings. The maximum Gasteiger partial charge on any atom is 0.255 e. The molecule has 0 bridgehead atoms. The van der Waals surface area contributed by atoms with Gasteiger partial charge in [-0.2, -0.15) is 5.10 Å². The van der Waals surface area contributed by atoms with Crippen molar-refractivity contribution in [1.82, 2.24) is 20.0 Å². The van der Waals surface area contributed by atoms with Crippen LogP contribution in [0.1, 0.15) is 28.9 Å². The van der Waals surface area contributed by atoms with E-state index in [1.54, 1.807) is 25.1 Å². The Balaban J connectivity index is 1.93. The Hall–Kier alpha value is -1.44. The van der Waals surface area contributed by atoms with E-state index in [4.69, 9.17) is 9.47 Å². The van der Waals surface area contributed by atoms with Crippen molar-refractivity contribution in [3.8, 4) is 0 Å². The van der Waals surface area contributed by atoms with Crippen molar-refractivity contribution in [2.24, 2.45) is 7.05 Å². The number of methoxy groups -OCH3 is 2. The molecule has 0 aromatic carbocycles. The lowest BCUT2D eigenvalue weighted by atomic mass is 10.1. The van der Waals surface area contributed by atoms with Crippen molar-refractivity contribution in [2.45, 2.75) is 25.5 Å². The van der Waals surface area contributed by atoms with Gasteiger partial charge in [-0.3, -0.25) is 14.4 Å². The molecule has 0 radical (unpaired) electrons. The zero-order valence-corrected chi connectivity index (χ0v) is 13.7. The second kappa shape index (κ2) is 8.26. The number of aryl methyl sites for hydroxylation is 1. The summed E-state index contributed by atoms with van der Waals surface area (Å²) >= 11 is 0. The molecule has 1 N–H and O–H groups in total. The first-order valence-electron chi connectivity index (χ1n) is 7.67. The van der Waals surface area contributed by atoms with E-state index < -0.39 is 0 Å². The molecule has 2 rings (SSSR count). The van der Waals surface area contributed by atoms with Crippen molar-refractivity contribution in [3.05, 3.63) is 17.5 Å². The molecule has 1 fully saturated rings. The van der Waals surface area contributed by atoms with Crippen molar-refractivity contribution in [1.29, 1.82) is 0 Å². The van der Waals surface area contributed by atoms with E-state index in [9.17, 15) is 4.79 Å². The van der Waals surface area contributed by atoms with Gasteiger partial charge in [-0.1, -0.05) is 0 Å². The summed E-state index contributed by atoms with van der Waals surface area (Å²) in [7, 11) is 5.12. The van der Waals surface area contributed by atoms with Gasteiger partial charge >= 0.3 is 0 Å². The summed E-state index contributed by atoms with van der Waals surface area (Å²) in [4.78, 5) is 14.8. The normalized spacial score (nSPS) is 19.3. The zero-order valence-electron chi connectivity index (χ0n) is 13.7. The number of carbonyl (C=O) groups is 1. The molecule has 0 saturated carbocycles. The van der Waals surface area contributed by atoms with Gasteiger partial charge in [-0.05, 0) is 19.4 Å². The summed E-state index contributed by atoms with van der Waals surface area (Å²) in [5.41, 5.74) is 1.27. The van der Waals surface area contributed by atoms with Crippen LogP contribution in [0.15, 0.2) is 6.20 Å². The molecular formula is C15H26N4O3. The Morgan fingerprint density at radius 3 is 3.00 bits per heavy atom. The predicted octanol–water partition coefficient (Wildman–Crippen LogP) is 0.407. The molecule has 124 valence electrons.